The number of nitrogens with zero attached hydrogens (tertiary/aromatic N) is 2. The second-order valence-electron chi connectivity index (χ2n) is 5.99. The molecule has 1 aromatic heterocycles. The number of hydrogen-bond acceptors (Lipinski definition) is 3. The molecule has 1 rings (SSSR count). The van der Waals surface area contributed by atoms with Crippen molar-refractivity contribution >= 4 is 6.03 Å². The average molecular weight is 268 g/mol. The number of amides is 2. The highest BCUT2D eigenvalue weighted by atomic mass is 16.3. The molecular weight excluding hydrogens is 244 g/mol. The van der Waals surface area contributed by atoms with E-state index < -0.39 is 0 Å². The minimum Gasteiger partial charge on any atom is -0.394 e. The predicted molar refractivity (Wildman–Crippen MR) is 73.5 cm³/mol. The molecule has 0 bridgehead atoms. The Balaban J connectivity index is 2.37. The highest BCUT2D eigenvalue weighted by Crippen LogP contribution is 2.20. The molecule has 0 aromatic carbocycles. The standard InChI is InChI=1S/C13H24N4O2/c1-13(2,3)5-11(9-18)16-12(19)14-6-10-7-15-17(4)8-10/h7-8,11,18H,5-6,9H2,1-4H3,(H2,14,16,19). The lowest BCUT2D eigenvalue weighted by molar-refractivity contribution is 0.191. The van der Waals surface area contributed by atoms with E-state index >= 15 is 0 Å². The molecule has 0 fully saturated rings. The second-order valence-corrected chi connectivity index (χ2v) is 5.99. The summed E-state index contributed by atoms with van der Waals surface area (Å²) in [5, 5.41) is 18.8. The largest absolute Gasteiger partial charge is 0.394 e. The van der Waals surface area contributed by atoms with Gasteiger partial charge in [0.1, 0.15) is 0 Å². The first kappa shape index (κ1) is 15.5. The van der Waals surface area contributed by atoms with Crippen LogP contribution in [0.4, 0.5) is 4.79 Å². The van der Waals surface area contributed by atoms with Crippen molar-refractivity contribution in [2.75, 3.05) is 6.61 Å². The maximum atomic E-state index is 11.7. The Morgan fingerprint density at radius 1 is 1.53 bits per heavy atom. The van der Waals surface area contributed by atoms with E-state index in [2.05, 4.69) is 36.5 Å². The molecule has 6 nitrogen and oxygen atoms in total. The summed E-state index contributed by atoms with van der Waals surface area (Å²) in [5.41, 5.74) is 0.998. The van der Waals surface area contributed by atoms with Gasteiger partial charge in [-0.1, -0.05) is 20.8 Å². The van der Waals surface area contributed by atoms with Gasteiger partial charge in [-0.25, -0.2) is 4.79 Å². The maximum Gasteiger partial charge on any atom is 0.315 e. The van der Waals surface area contributed by atoms with Crippen LogP contribution in [-0.4, -0.2) is 33.6 Å². The Labute approximate surface area is 114 Å². The zero-order valence-corrected chi connectivity index (χ0v) is 12.1. The fourth-order valence-electron chi connectivity index (χ4n) is 1.88. The molecule has 1 aromatic rings. The molecule has 6 heteroatoms. The molecule has 0 spiro atoms. The topological polar surface area (TPSA) is 79.2 Å². The van der Waals surface area contributed by atoms with Crippen LogP contribution in [0.1, 0.15) is 32.8 Å². The van der Waals surface area contributed by atoms with E-state index in [0.29, 0.717) is 6.54 Å². The van der Waals surface area contributed by atoms with E-state index in [4.69, 9.17) is 0 Å². The number of urea groups is 1. The second kappa shape index (κ2) is 6.56. The van der Waals surface area contributed by atoms with Gasteiger partial charge in [-0.3, -0.25) is 4.68 Å². The van der Waals surface area contributed by atoms with Crippen molar-refractivity contribution in [2.24, 2.45) is 12.5 Å². The summed E-state index contributed by atoms with van der Waals surface area (Å²) in [6, 6.07) is -0.499. The summed E-state index contributed by atoms with van der Waals surface area (Å²) in [4.78, 5) is 11.7. The zero-order valence-electron chi connectivity index (χ0n) is 12.1. The lowest BCUT2D eigenvalue weighted by Gasteiger charge is -2.25. The van der Waals surface area contributed by atoms with Crippen LogP contribution >= 0.6 is 0 Å². The van der Waals surface area contributed by atoms with E-state index in [1.54, 1.807) is 10.9 Å². The van der Waals surface area contributed by atoms with Crippen LogP contribution in [-0.2, 0) is 13.6 Å². The van der Waals surface area contributed by atoms with Crippen molar-refractivity contribution in [3.63, 3.8) is 0 Å². The lowest BCUT2D eigenvalue weighted by atomic mass is 9.88. The molecule has 0 aliphatic heterocycles. The molecule has 1 heterocycles. The minimum atomic E-state index is -0.271. The number of aliphatic hydroxyl groups excluding tert-OH is 1. The van der Waals surface area contributed by atoms with E-state index in [9.17, 15) is 9.90 Å². The third-order valence-corrected chi connectivity index (χ3v) is 2.63. The van der Waals surface area contributed by atoms with Crippen LogP contribution in [0, 0.1) is 5.41 Å². The molecule has 2 amide bonds. The summed E-state index contributed by atoms with van der Waals surface area (Å²) >= 11 is 0. The van der Waals surface area contributed by atoms with E-state index in [1.807, 2.05) is 13.2 Å². The van der Waals surface area contributed by atoms with E-state index in [0.717, 1.165) is 12.0 Å². The summed E-state index contributed by atoms with van der Waals surface area (Å²) in [7, 11) is 1.83. The van der Waals surface area contributed by atoms with Crippen molar-refractivity contribution in [1.82, 2.24) is 20.4 Å². The predicted octanol–water partition coefficient (Wildman–Crippen LogP) is 1.02. The highest BCUT2D eigenvalue weighted by Gasteiger charge is 2.19. The molecule has 0 radical (unpaired) electrons. The average Bonchev–Trinajstić information content (AvgIpc) is 2.70. The van der Waals surface area contributed by atoms with Crippen LogP contribution in [0.2, 0.25) is 0 Å². The fourth-order valence-corrected chi connectivity index (χ4v) is 1.88. The smallest absolute Gasteiger partial charge is 0.315 e. The number of carbonyl (C=O) groups is 1. The first-order valence-electron chi connectivity index (χ1n) is 6.43. The summed E-state index contributed by atoms with van der Waals surface area (Å²) in [6.45, 7) is 6.59. The molecule has 1 atom stereocenters. The van der Waals surface area contributed by atoms with Crippen molar-refractivity contribution in [1.29, 1.82) is 0 Å². The summed E-state index contributed by atoms with van der Waals surface area (Å²) in [6.07, 6.45) is 4.28. The molecule has 108 valence electrons. The molecule has 0 saturated heterocycles. The van der Waals surface area contributed by atoms with Gasteiger partial charge in [0.05, 0.1) is 18.8 Å². The molecule has 19 heavy (non-hydrogen) atoms. The quantitative estimate of drug-likeness (QED) is 0.746. The lowest BCUT2D eigenvalue weighted by Crippen LogP contribution is -2.45. The Morgan fingerprint density at radius 2 is 2.21 bits per heavy atom. The summed E-state index contributed by atoms with van der Waals surface area (Å²) in [5.74, 6) is 0. The maximum absolute atomic E-state index is 11.7. The Kier molecular flexibility index (Phi) is 5.35. The number of nitrogens with one attached hydrogen (secondary N) is 2. The molecular formula is C13H24N4O2. The molecule has 0 aliphatic rings. The number of rotatable bonds is 5. The van der Waals surface area contributed by atoms with E-state index in [1.165, 1.54) is 0 Å². The molecule has 3 N–H and O–H groups in total. The minimum absolute atomic E-state index is 0.0580. The van der Waals surface area contributed by atoms with Gasteiger partial charge >= 0.3 is 6.03 Å². The summed E-state index contributed by atoms with van der Waals surface area (Å²) < 4.78 is 1.69. The van der Waals surface area contributed by atoms with Crippen molar-refractivity contribution in [2.45, 2.75) is 39.8 Å². The van der Waals surface area contributed by atoms with Crippen LogP contribution in [0.15, 0.2) is 12.4 Å². The van der Waals surface area contributed by atoms with Gasteiger partial charge in [0.25, 0.3) is 0 Å². The Hall–Kier alpha value is -1.56. The Morgan fingerprint density at radius 3 is 2.68 bits per heavy atom. The van der Waals surface area contributed by atoms with Gasteiger partial charge < -0.3 is 15.7 Å². The number of aryl methyl sites for hydroxylation is 1. The first-order chi connectivity index (χ1) is 8.80. The van der Waals surface area contributed by atoms with Gasteiger partial charge in [0, 0.05) is 25.4 Å². The number of carbonyl (C=O) groups excluding carboxylic acids is 1. The van der Waals surface area contributed by atoms with Gasteiger partial charge in [-0.15, -0.1) is 0 Å². The number of aromatic nitrogens is 2. The monoisotopic (exact) mass is 268 g/mol. The van der Waals surface area contributed by atoms with Gasteiger partial charge in [-0.2, -0.15) is 5.10 Å². The van der Waals surface area contributed by atoms with Crippen LogP contribution in [0.3, 0.4) is 0 Å². The fraction of sp³-hybridized carbons (Fsp3) is 0.692. The molecule has 0 saturated carbocycles. The Bertz CT molecular complexity index is 409. The molecule has 1 unspecified atom stereocenters. The molecule has 0 aliphatic carbocycles. The SMILES string of the molecule is Cn1cc(CNC(=O)NC(CO)CC(C)(C)C)cn1. The van der Waals surface area contributed by atoms with Crippen LogP contribution < -0.4 is 10.6 Å². The van der Waals surface area contributed by atoms with Gasteiger partial charge in [-0.05, 0) is 11.8 Å². The van der Waals surface area contributed by atoms with Crippen molar-refractivity contribution in [3.8, 4) is 0 Å². The van der Waals surface area contributed by atoms with Crippen LogP contribution in [0.5, 0.6) is 0 Å². The number of hydrogen-bond donors (Lipinski definition) is 3. The zero-order chi connectivity index (χ0) is 14.5. The third-order valence-electron chi connectivity index (χ3n) is 2.63. The van der Waals surface area contributed by atoms with Crippen molar-refractivity contribution < 1.29 is 9.90 Å². The normalized spacial score (nSPS) is 13.1. The van der Waals surface area contributed by atoms with Gasteiger partial charge in [0.2, 0.25) is 0 Å². The highest BCUT2D eigenvalue weighted by molar-refractivity contribution is 5.74. The number of aliphatic hydroxyl groups is 1. The van der Waals surface area contributed by atoms with Crippen LogP contribution in [0.25, 0.3) is 0 Å². The van der Waals surface area contributed by atoms with Crippen molar-refractivity contribution in [3.05, 3.63) is 18.0 Å². The third kappa shape index (κ3) is 6.24. The van der Waals surface area contributed by atoms with Gasteiger partial charge in [0.15, 0.2) is 0 Å². The van der Waals surface area contributed by atoms with E-state index in [-0.39, 0.29) is 24.1 Å². The first-order valence-corrected chi connectivity index (χ1v) is 6.43.